The fourth-order valence-electron chi connectivity index (χ4n) is 1.97. The van der Waals surface area contributed by atoms with E-state index in [1.807, 2.05) is 13.1 Å². The summed E-state index contributed by atoms with van der Waals surface area (Å²) in [6, 6.07) is 6.65. The zero-order valence-electron chi connectivity index (χ0n) is 11.1. The van der Waals surface area contributed by atoms with Gasteiger partial charge in [-0.25, -0.2) is 0 Å². The van der Waals surface area contributed by atoms with Gasteiger partial charge in [0.05, 0.1) is 7.11 Å². The van der Waals surface area contributed by atoms with Crippen LogP contribution in [0.1, 0.15) is 25.8 Å². The number of hydrogen-bond acceptors (Lipinski definition) is 2. The Hall–Kier alpha value is -0.540. The number of likely N-dealkylation sites (N-methyl/N-ethyl adjacent to an activating group) is 1. The summed E-state index contributed by atoms with van der Waals surface area (Å²) in [4.78, 5) is 0. The van der Waals surface area contributed by atoms with Gasteiger partial charge in [-0.1, -0.05) is 29.8 Å². The van der Waals surface area contributed by atoms with Crippen molar-refractivity contribution in [1.82, 2.24) is 5.32 Å². The number of halogens is 1. The first-order valence-electron chi connectivity index (χ1n) is 6.06. The highest BCUT2D eigenvalue weighted by Gasteiger charge is 2.12. The lowest BCUT2D eigenvalue weighted by molar-refractivity contribution is 0.412. The smallest absolute Gasteiger partial charge is 0.119 e. The molecule has 1 aromatic rings. The second kappa shape index (κ2) is 7.02. The lowest BCUT2D eigenvalue weighted by atomic mass is 9.97. The van der Waals surface area contributed by atoms with Crippen LogP contribution in [0.15, 0.2) is 22.7 Å². The third-order valence-electron chi connectivity index (χ3n) is 2.88. The Bertz CT molecular complexity index is 352. The molecule has 0 radical (unpaired) electrons. The Balaban J connectivity index is 2.77. The summed E-state index contributed by atoms with van der Waals surface area (Å²) in [7, 11) is 3.73. The molecule has 17 heavy (non-hydrogen) atoms. The molecule has 1 rings (SSSR count). The van der Waals surface area contributed by atoms with Crippen LogP contribution in [0.4, 0.5) is 0 Å². The summed E-state index contributed by atoms with van der Waals surface area (Å²) in [5.41, 5.74) is 1.30. The van der Waals surface area contributed by atoms with Crippen molar-refractivity contribution in [3.05, 3.63) is 28.2 Å². The SMILES string of the molecule is CNC(Cc1cc(OC)ccc1Br)CC(C)C. The van der Waals surface area contributed by atoms with E-state index in [0.29, 0.717) is 12.0 Å². The fourth-order valence-corrected chi connectivity index (χ4v) is 2.38. The molecular formula is C14H22BrNO. The van der Waals surface area contributed by atoms with Gasteiger partial charge in [-0.05, 0) is 49.6 Å². The lowest BCUT2D eigenvalue weighted by Gasteiger charge is -2.19. The van der Waals surface area contributed by atoms with Crippen molar-refractivity contribution >= 4 is 15.9 Å². The minimum atomic E-state index is 0.512. The predicted octanol–water partition coefficient (Wildman–Crippen LogP) is 3.63. The summed E-state index contributed by atoms with van der Waals surface area (Å²) in [5, 5.41) is 3.38. The fraction of sp³-hybridized carbons (Fsp3) is 0.571. The van der Waals surface area contributed by atoms with Crippen LogP contribution in [0.3, 0.4) is 0 Å². The molecule has 0 saturated heterocycles. The zero-order chi connectivity index (χ0) is 12.8. The number of rotatable bonds is 6. The van der Waals surface area contributed by atoms with Crippen LogP contribution in [0.2, 0.25) is 0 Å². The molecule has 0 aliphatic carbocycles. The molecule has 96 valence electrons. The second-order valence-corrected chi connectivity index (χ2v) is 5.63. The van der Waals surface area contributed by atoms with Crippen LogP contribution in [0.5, 0.6) is 5.75 Å². The van der Waals surface area contributed by atoms with Crippen molar-refractivity contribution in [2.24, 2.45) is 5.92 Å². The van der Waals surface area contributed by atoms with E-state index < -0.39 is 0 Å². The van der Waals surface area contributed by atoms with E-state index in [1.165, 1.54) is 12.0 Å². The Labute approximate surface area is 113 Å². The normalized spacial score (nSPS) is 12.8. The number of ether oxygens (including phenoxy) is 1. The van der Waals surface area contributed by atoms with Gasteiger partial charge in [0.2, 0.25) is 0 Å². The van der Waals surface area contributed by atoms with Crippen molar-refractivity contribution < 1.29 is 4.74 Å². The molecule has 1 unspecified atom stereocenters. The van der Waals surface area contributed by atoms with Gasteiger partial charge in [0, 0.05) is 10.5 Å². The van der Waals surface area contributed by atoms with E-state index >= 15 is 0 Å². The number of nitrogens with one attached hydrogen (secondary N) is 1. The second-order valence-electron chi connectivity index (χ2n) is 4.78. The molecule has 3 heteroatoms. The summed E-state index contributed by atoms with van der Waals surface area (Å²) in [6.07, 6.45) is 2.20. The van der Waals surface area contributed by atoms with E-state index in [2.05, 4.69) is 47.2 Å². The van der Waals surface area contributed by atoms with Crippen molar-refractivity contribution in [3.63, 3.8) is 0 Å². The maximum Gasteiger partial charge on any atom is 0.119 e. The lowest BCUT2D eigenvalue weighted by Crippen LogP contribution is -2.29. The predicted molar refractivity (Wildman–Crippen MR) is 76.7 cm³/mol. The van der Waals surface area contributed by atoms with Crippen molar-refractivity contribution in [2.45, 2.75) is 32.7 Å². The Morgan fingerprint density at radius 1 is 1.35 bits per heavy atom. The summed E-state index contributed by atoms with van der Waals surface area (Å²) < 4.78 is 6.42. The van der Waals surface area contributed by atoms with Crippen LogP contribution in [0.25, 0.3) is 0 Å². The summed E-state index contributed by atoms with van der Waals surface area (Å²) in [6.45, 7) is 4.51. The minimum absolute atomic E-state index is 0.512. The van der Waals surface area contributed by atoms with Gasteiger partial charge in [-0.3, -0.25) is 0 Å². The molecule has 0 amide bonds. The highest BCUT2D eigenvalue weighted by Crippen LogP contribution is 2.24. The van der Waals surface area contributed by atoms with Gasteiger partial charge in [0.25, 0.3) is 0 Å². The standard InChI is InChI=1S/C14H22BrNO/c1-10(2)7-12(16-3)8-11-9-13(17-4)5-6-14(11)15/h5-6,9-10,12,16H,7-8H2,1-4H3. The third kappa shape index (κ3) is 4.68. The van der Waals surface area contributed by atoms with E-state index in [-0.39, 0.29) is 0 Å². The highest BCUT2D eigenvalue weighted by molar-refractivity contribution is 9.10. The quantitative estimate of drug-likeness (QED) is 0.866. The molecule has 0 bridgehead atoms. The molecule has 1 aromatic carbocycles. The topological polar surface area (TPSA) is 21.3 Å². The van der Waals surface area contributed by atoms with E-state index in [1.54, 1.807) is 7.11 Å². The molecule has 0 spiro atoms. The molecule has 0 saturated carbocycles. The van der Waals surface area contributed by atoms with Gasteiger partial charge in [0.1, 0.15) is 5.75 Å². The van der Waals surface area contributed by atoms with Crippen LogP contribution in [-0.4, -0.2) is 20.2 Å². The van der Waals surface area contributed by atoms with Crippen LogP contribution < -0.4 is 10.1 Å². The van der Waals surface area contributed by atoms with E-state index in [4.69, 9.17) is 4.74 Å². The zero-order valence-corrected chi connectivity index (χ0v) is 12.7. The summed E-state index contributed by atoms with van der Waals surface area (Å²) >= 11 is 3.60. The molecule has 1 atom stereocenters. The third-order valence-corrected chi connectivity index (χ3v) is 3.66. The highest BCUT2D eigenvalue weighted by atomic mass is 79.9. The molecule has 0 fully saturated rings. The van der Waals surface area contributed by atoms with Crippen LogP contribution >= 0.6 is 15.9 Å². The maximum atomic E-state index is 5.26. The Morgan fingerprint density at radius 2 is 2.06 bits per heavy atom. The molecule has 0 aromatic heterocycles. The molecule has 1 N–H and O–H groups in total. The largest absolute Gasteiger partial charge is 0.497 e. The van der Waals surface area contributed by atoms with Crippen molar-refractivity contribution in [1.29, 1.82) is 0 Å². The molecule has 0 aliphatic heterocycles. The van der Waals surface area contributed by atoms with Gasteiger partial charge >= 0.3 is 0 Å². The maximum absolute atomic E-state index is 5.26. The average molecular weight is 300 g/mol. The Kier molecular flexibility index (Phi) is 6.00. The number of benzene rings is 1. The van der Waals surface area contributed by atoms with Crippen molar-refractivity contribution in [2.75, 3.05) is 14.2 Å². The van der Waals surface area contributed by atoms with Gasteiger partial charge in [-0.15, -0.1) is 0 Å². The number of methoxy groups -OCH3 is 1. The van der Waals surface area contributed by atoms with Gasteiger partial charge < -0.3 is 10.1 Å². The molecule has 2 nitrogen and oxygen atoms in total. The molecule has 0 heterocycles. The van der Waals surface area contributed by atoms with Gasteiger partial charge in [-0.2, -0.15) is 0 Å². The first kappa shape index (κ1) is 14.5. The van der Waals surface area contributed by atoms with Gasteiger partial charge in [0.15, 0.2) is 0 Å². The molecular weight excluding hydrogens is 278 g/mol. The first-order chi connectivity index (χ1) is 8.06. The van der Waals surface area contributed by atoms with Crippen LogP contribution in [-0.2, 0) is 6.42 Å². The number of hydrogen-bond donors (Lipinski definition) is 1. The van der Waals surface area contributed by atoms with E-state index in [9.17, 15) is 0 Å². The average Bonchev–Trinajstić information content (AvgIpc) is 2.30. The first-order valence-corrected chi connectivity index (χ1v) is 6.85. The van der Waals surface area contributed by atoms with E-state index in [0.717, 1.165) is 16.6 Å². The van der Waals surface area contributed by atoms with Crippen molar-refractivity contribution in [3.8, 4) is 5.75 Å². The Morgan fingerprint density at radius 3 is 2.59 bits per heavy atom. The molecule has 0 aliphatic rings. The monoisotopic (exact) mass is 299 g/mol. The minimum Gasteiger partial charge on any atom is -0.497 e. The van der Waals surface area contributed by atoms with Crippen LogP contribution in [0, 0.1) is 5.92 Å². The summed E-state index contributed by atoms with van der Waals surface area (Å²) in [5.74, 6) is 1.62.